The SMILES string of the molecule is C.COC(=O)c1ccc2c(c1)nc1n2CC[C@H]2[C@@H]1[C@H](c1cccc(Cl)c1F)[C@]1(C(=O)Nc3cc(Cl)ccc31)N2CCC(F)(F)F. The van der Waals surface area contributed by atoms with Gasteiger partial charge in [-0.1, -0.05) is 48.8 Å². The summed E-state index contributed by atoms with van der Waals surface area (Å²) in [6.45, 7) is -0.130. The van der Waals surface area contributed by atoms with E-state index in [0.29, 0.717) is 46.1 Å². The lowest BCUT2D eigenvalue weighted by Crippen LogP contribution is -2.53. The standard InChI is InChI=1S/C31H24Cl2F4N4O3.CH4/c1-44-28(42)15-5-8-22-21(13-15)38-27-24-23(9-11-40(22)27)41(12-10-30(35,36)37)31(25(24)17-3-2-4-19(33)26(17)34)18-7-6-16(32)14-20(18)39-29(31)43;/h2-8,13-14,23-25H,9-12H2,1H3,(H,39,43);1H4/t23-,24+,25-,31+;/m0./s1. The summed E-state index contributed by atoms with van der Waals surface area (Å²) in [5.74, 6) is -3.17. The first-order chi connectivity index (χ1) is 21.0. The van der Waals surface area contributed by atoms with Crippen LogP contribution in [0.2, 0.25) is 10.0 Å². The van der Waals surface area contributed by atoms with Crippen LogP contribution in [0.15, 0.2) is 54.6 Å². The van der Waals surface area contributed by atoms with E-state index in [9.17, 15) is 22.8 Å². The smallest absolute Gasteiger partial charge is 0.390 e. The number of likely N-dealkylation sites (tertiary alicyclic amines) is 1. The van der Waals surface area contributed by atoms with Crippen LogP contribution in [0, 0.1) is 5.82 Å². The molecular weight excluding hydrogens is 635 g/mol. The number of hydrogen-bond donors (Lipinski definition) is 1. The minimum atomic E-state index is -4.51. The van der Waals surface area contributed by atoms with Gasteiger partial charge in [0.15, 0.2) is 0 Å². The number of anilines is 1. The van der Waals surface area contributed by atoms with Gasteiger partial charge in [-0.15, -0.1) is 0 Å². The number of imidazole rings is 1. The number of ether oxygens (including phenoxy) is 1. The second kappa shape index (κ2) is 11.0. The van der Waals surface area contributed by atoms with Crippen molar-refractivity contribution in [1.82, 2.24) is 14.5 Å². The van der Waals surface area contributed by atoms with Gasteiger partial charge in [0.2, 0.25) is 5.91 Å². The highest BCUT2D eigenvalue weighted by Gasteiger charge is 2.68. The maximum Gasteiger partial charge on any atom is 0.390 e. The fourth-order valence-corrected chi connectivity index (χ4v) is 7.93. The topological polar surface area (TPSA) is 76.5 Å². The number of nitrogens with zero attached hydrogens (tertiary/aromatic N) is 3. The van der Waals surface area contributed by atoms with Crippen molar-refractivity contribution in [1.29, 1.82) is 0 Å². The third kappa shape index (κ3) is 4.61. The Balaban J connectivity index is 0.00000357. The highest BCUT2D eigenvalue weighted by molar-refractivity contribution is 6.31. The molecule has 1 aromatic heterocycles. The van der Waals surface area contributed by atoms with Gasteiger partial charge in [0.1, 0.15) is 17.2 Å². The van der Waals surface area contributed by atoms with E-state index in [1.165, 1.54) is 19.2 Å². The average Bonchev–Trinajstić information content (AvgIpc) is 3.59. The highest BCUT2D eigenvalue weighted by atomic mass is 35.5. The van der Waals surface area contributed by atoms with Crippen molar-refractivity contribution in [2.45, 2.75) is 56.4 Å². The van der Waals surface area contributed by atoms with Gasteiger partial charge in [-0.2, -0.15) is 13.2 Å². The number of nitrogens with one attached hydrogen (secondary N) is 1. The van der Waals surface area contributed by atoms with E-state index < -0.39 is 60.3 Å². The predicted molar refractivity (Wildman–Crippen MR) is 162 cm³/mol. The molecule has 0 unspecified atom stereocenters. The van der Waals surface area contributed by atoms with Crippen LogP contribution >= 0.6 is 23.2 Å². The third-order valence-corrected chi connectivity index (χ3v) is 9.69. The molecule has 1 fully saturated rings. The van der Waals surface area contributed by atoms with Gasteiger partial charge in [-0.25, -0.2) is 14.2 Å². The van der Waals surface area contributed by atoms with Crippen LogP contribution in [0.4, 0.5) is 23.2 Å². The number of esters is 1. The van der Waals surface area contributed by atoms with Crippen molar-refractivity contribution in [3.05, 3.63) is 93.0 Å². The van der Waals surface area contributed by atoms with Gasteiger partial charge in [0.05, 0.1) is 35.2 Å². The molecule has 3 aliphatic rings. The summed E-state index contributed by atoms with van der Waals surface area (Å²) < 4.78 is 64.4. The van der Waals surface area contributed by atoms with Crippen LogP contribution in [0.1, 0.15) is 59.4 Å². The number of fused-ring (bicyclic) bond motifs is 7. The molecule has 1 N–H and O–H groups in total. The molecule has 7 nitrogen and oxygen atoms in total. The number of carbonyl (C=O) groups is 2. The summed E-state index contributed by atoms with van der Waals surface area (Å²) in [4.78, 5) is 33.1. The van der Waals surface area contributed by atoms with Crippen molar-refractivity contribution >= 4 is 51.8 Å². The Labute approximate surface area is 266 Å². The number of aromatic nitrogens is 2. The lowest BCUT2D eigenvalue weighted by molar-refractivity contribution is -0.146. The Morgan fingerprint density at radius 3 is 2.67 bits per heavy atom. The number of rotatable bonds is 4. The Kier molecular flexibility index (Phi) is 7.65. The highest BCUT2D eigenvalue weighted by Crippen LogP contribution is 2.64. The van der Waals surface area contributed by atoms with Gasteiger partial charge in [-0.05, 0) is 48.4 Å². The molecule has 236 valence electrons. The zero-order valence-corrected chi connectivity index (χ0v) is 24.6. The Morgan fingerprint density at radius 2 is 1.93 bits per heavy atom. The number of alkyl halides is 3. The molecule has 0 radical (unpaired) electrons. The second-order valence-electron chi connectivity index (χ2n) is 11.3. The van der Waals surface area contributed by atoms with Gasteiger partial charge in [0.25, 0.3) is 0 Å². The number of hydrogen-bond acceptors (Lipinski definition) is 5. The van der Waals surface area contributed by atoms with Crippen molar-refractivity contribution in [2.24, 2.45) is 0 Å². The van der Waals surface area contributed by atoms with E-state index >= 15 is 4.39 Å². The second-order valence-corrected chi connectivity index (χ2v) is 12.1. The van der Waals surface area contributed by atoms with Crippen molar-refractivity contribution in [3.63, 3.8) is 0 Å². The van der Waals surface area contributed by atoms with E-state index in [0.717, 1.165) is 0 Å². The van der Waals surface area contributed by atoms with Crippen LogP contribution in [-0.4, -0.2) is 52.2 Å². The van der Waals surface area contributed by atoms with Crippen LogP contribution in [0.25, 0.3) is 11.0 Å². The van der Waals surface area contributed by atoms with Gasteiger partial charge < -0.3 is 14.6 Å². The van der Waals surface area contributed by atoms with E-state index in [1.54, 1.807) is 47.4 Å². The molecule has 0 bridgehead atoms. The van der Waals surface area contributed by atoms with Crippen LogP contribution in [0.3, 0.4) is 0 Å². The number of carbonyl (C=O) groups excluding carboxylic acids is 2. The van der Waals surface area contributed by atoms with E-state index in [2.05, 4.69) is 5.32 Å². The molecule has 4 heterocycles. The van der Waals surface area contributed by atoms with Crippen LogP contribution in [-0.2, 0) is 21.6 Å². The maximum atomic E-state index is 16.1. The number of methoxy groups -OCH3 is 1. The quantitative estimate of drug-likeness (QED) is 0.179. The third-order valence-electron chi connectivity index (χ3n) is 9.16. The normalized spacial score (nSPS) is 23.8. The lowest BCUT2D eigenvalue weighted by Gasteiger charge is -2.40. The number of halogens is 6. The monoisotopic (exact) mass is 662 g/mol. The predicted octanol–water partition coefficient (Wildman–Crippen LogP) is 7.66. The number of benzene rings is 3. The Hall–Kier alpha value is -3.67. The molecule has 1 saturated heterocycles. The molecule has 4 atom stereocenters. The number of amides is 1. The first-order valence-corrected chi connectivity index (χ1v) is 14.7. The van der Waals surface area contributed by atoms with Crippen molar-refractivity contribution in [2.75, 3.05) is 19.0 Å². The minimum Gasteiger partial charge on any atom is -0.465 e. The fraction of sp³-hybridized carbons (Fsp3) is 0.344. The molecule has 0 aliphatic carbocycles. The number of aryl methyl sites for hydroxylation is 1. The van der Waals surface area contributed by atoms with E-state index in [1.807, 2.05) is 4.57 Å². The molecule has 3 aromatic carbocycles. The summed E-state index contributed by atoms with van der Waals surface area (Å²) in [5, 5.41) is 2.99. The Bertz CT molecular complexity index is 1860. The molecule has 0 saturated carbocycles. The van der Waals surface area contributed by atoms with Gasteiger partial charge >= 0.3 is 12.1 Å². The van der Waals surface area contributed by atoms with Crippen LogP contribution < -0.4 is 5.32 Å². The summed E-state index contributed by atoms with van der Waals surface area (Å²) in [6, 6.07) is 13.5. The van der Waals surface area contributed by atoms with Gasteiger partial charge in [0, 0.05) is 47.2 Å². The minimum absolute atomic E-state index is 0. The van der Waals surface area contributed by atoms with Crippen molar-refractivity contribution < 1.29 is 31.9 Å². The molecule has 1 amide bonds. The molecular formula is C32H28Cl2F4N4O3. The molecule has 4 aromatic rings. The average molecular weight is 663 g/mol. The summed E-state index contributed by atoms with van der Waals surface area (Å²) in [6.07, 6.45) is -5.34. The Morgan fingerprint density at radius 1 is 1.16 bits per heavy atom. The van der Waals surface area contributed by atoms with Gasteiger partial charge in [-0.3, -0.25) is 9.69 Å². The largest absolute Gasteiger partial charge is 0.465 e. The van der Waals surface area contributed by atoms with Crippen molar-refractivity contribution in [3.8, 4) is 0 Å². The molecule has 3 aliphatic heterocycles. The summed E-state index contributed by atoms with van der Waals surface area (Å²) >= 11 is 12.5. The molecule has 1 spiro atoms. The zero-order valence-electron chi connectivity index (χ0n) is 23.1. The molecule has 7 rings (SSSR count). The maximum absolute atomic E-state index is 16.1. The first-order valence-electron chi connectivity index (χ1n) is 13.9. The zero-order chi connectivity index (χ0) is 31.1. The first kappa shape index (κ1) is 31.3. The van der Waals surface area contributed by atoms with Crippen LogP contribution in [0.5, 0.6) is 0 Å². The molecule has 13 heteroatoms. The fourth-order valence-electron chi connectivity index (χ4n) is 7.57. The van der Waals surface area contributed by atoms with E-state index in [4.69, 9.17) is 32.9 Å². The summed E-state index contributed by atoms with van der Waals surface area (Å²) in [5.41, 5.74) is 0.555. The van der Waals surface area contributed by atoms with E-state index in [-0.39, 0.29) is 23.6 Å². The summed E-state index contributed by atoms with van der Waals surface area (Å²) in [7, 11) is 1.27. The molecule has 45 heavy (non-hydrogen) atoms. The lowest BCUT2D eigenvalue weighted by atomic mass is 9.70.